The van der Waals surface area contributed by atoms with Crippen molar-refractivity contribution in [2.45, 2.75) is 58.3 Å². The first-order valence-corrected chi connectivity index (χ1v) is 8.59. The van der Waals surface area contributed by atoms with Gasteiger partial charge in [0, 0.05) is 5.92 Å². The summed E-state index contributed by atoms with van der Waals surface area (Å²) >= 11 is 0. The molecule has 0 aromatic rings. The molecule has 0 bridgehead atoms. The minimum Gasteiger partial charge on any atom is -0.0807 e. The molecule has 2 unspecified atom stereocenters. The van der Waals surface area contributed by atoms with E-state index >= 15 is 0 Å². The van der Waals surface area contributed by atoms with E-state index in [4.69, 9.17) is 0 Å². The lowest BCUT2D eigenvalue weighted by Gasteiger charge is -2.25. The third kappa shape index (κ3) is 2.24. The molecule has 0 fully saturated rings. The predicted octanol–water partition coefficient (Wildman–Crippen LogP) is 5.74. The number of hydrogen-bond acceptors (Lipinski definition) is 0. The molecule has 0 nitrogen and oxygen atoms in total. The quantitative estimate of drug-likeness (QED) is 0.559. The predicted molar refractivity (Wildman–Crippen MR) is 85.4 cm³/mol. The summed E-state index contributed by atoms with van der Waals surface area (Å²) in [6.07, 6.45) is 20.8. The molecule has 4 rings (SSSR count). The molecule has 4 aliphatic rings. The van der Waals surface area contributed by atoms with Crippen LogP contribution in [0.3, 0.4) is 0 Å². The molecule has 0 heterocycles. The van der Waals surface area contributed by atoms with Gasteiger partial charge in [-0.3, -0.25) is 0 Å². The van der Waals surface area contributed by atoms with Gasteiger partial charge in [-0.1, -0.05) is 47.9 Å². The lowest BCUT2D eigenvalue weighted by atomic mass is 9.81. The maximum absolute atomic E-state index is 2.57. The average molecular weight is 266 g/mol. The van der Waals surface area contributed by atoms with Crippen LogP contribution in [0.2, 0.25) is 0 Å². The van der Waals surface area contributed by atoms with E-state index in [1.807, 2.05) is 11.1 Å². The maximum atomic E-state index is 2.57. The van der Waals surface area contributed by atoms with Crippen LogP contribution in [-0.4, -0.2) is 0 Å². The van der Waals surface area contributed by atoms with E-state index < -0.39 is 0 Å². The van der Waals surface area contributed by atoms with Crippen molar-refractivity contribution < 1.29 is 0 Å². The zero-order chi connectivity index (χ0) is 13.5. The Morgan fingerprint density at radius 1 is 1.10 bits per heavy atom. The van der Waals surface area contributed by atoms with Crippen molar-refractivity contribution in [3.05, 3.63) is 46.6 Å². The highest BCUT2D eigenvalue weighted by Crippen LogP contribution is 2.46. The van der Waals surface area contributed by atoms with Gasteiger partial charge in [0.2, 0.25) is 0 Å². The van der Waals surface area contributed by atoms with Crippen LogP contribution in [0.4, 0.5) is 0 Å². The van der Waals surface area contributed by atoms with E-state index in [1.54, 1.807) is 11.1 Å². The van der Waals surface area contributed by atoms with Gasteiger partial charge >= 0.3 is 0 Å². The molecule has 0 radical (unpaired) electrons. The van der Waals surface area contributed by atoms with Crippen molar-refractivity contribution in [2.75, 3.05) is 0 Å². The van der Waals surface area contributed by atoms with E-state index in [-0.39, 0.29) is 0 Å². The van der Waals surface area contributed by atoms with Gasteiger partial charge in [-0.15, -0.1) is 0 Å². The molecule has 0 aromatic carbocycles. The summed E-state index contributed by atoms with van der Waals surface area (Å²) in [5.74, 6) is 2.56. The minimum absolute atomic E-state index is 0.747. The van der Waals surface area contributed by atoms with Crippen molar-refractivity contribution in [3.63, 3.8) is 0 Å². The molecular weight excluding hydrogens is 240 g/mol. The monoisotopic (exact) mass is 266 g/mol. The molecule has 0 amide bonds. The Hall–Kier alpha value is -1.04. The van der Waals surface area contributed by atoms with Crippen LogP contribution in [0.15, 0.2) is 46.6 Å². The molecule has 0 N–H and O–H groups in total. The van der Waals surface area contributed by atoms with E-state index in [1.165, 1.54) is 51.4 Å². The highest BCUT2D eigenvalue weighted by molar-refractivity contribution is 5.41. The summed E-state index contributed by atoms with van der Waals surface area (Å²) in [5.41, 5.74) is 6.90. The molecule has 0 aliphatic heterocycles. The number of hydrogen-bond donors (Lipinski definition) is 0. The van der Waals surface area contributed by atoms with Gasteiger partial charge < -0.3 is 0 Å². The molecule has 3 atom stereocenters. The Kier molecular flexibility index (Phi) is 3.21. The van der Waals surface area contributed by atoms with Crippen molar-refractivity contribution in [1.29, 1.82) is 0 Å². The third-order valence-corrected chi connectivity index (χ3v) is 5.92. The molecule has 106 valence electrons. The molecule has 4 aliphatic carbocycles. The third-order valence-electron chi connectivity index (χ3n) is 5.92. The maximum Gasteiger partial charge on any atom is 0.00235 e. The fourth-order valence-electron chi connectivity index (χ4n) is 4.79. The smallest absolute Gasteiger partial charge is 0.00235 e. The molecule has 0 saturated carbocycles. The number of allylic oxidation sites excluding steroid dienone is 8. The first kappa shape index (κ1) is 12.7. The van der Waals surface area contributed by atoms with Crippen molar-refractivity contribution >= 4 is 0 Å². The van der Waals surface area contributed by atoms with Gasteiger partial charge in [-0.05, 0) is 68.8 Å². The minimum atomic E-state index is 0.747. The average Bonchev–Trinajstić information content (AvgIpc) is 3.05. The summed E-state index contributed by atoms with van der Waals surface area (Å²) in [6, 6.07) is 0. The summed E-state index contributed by atoms with van der Waals surface area (Å²) in [7, 11) is 0. The highest BCUT2D eigenvalue weighted by atomic mass is 14.4. The second kappa shape index (κ2) is 5.06. The Labute approximate surface area is 123 Å². The van der Waals surface area contributed by atoms with Crippen LogP contribution >= 0.6 is 0 Å². The fourth-order valence-corrected chi connectivity index (χ4v) is 4.79. The van der Waals surface area contributed by atoms with Crippen molar-refractivity contribution in [2.24, 2.45) is 17.8 Å². The summed E-state index contributed by atoms with van der Waals surface area (Å²) < 4.78 is 0. The van der Waals surface area contributed by atoms with Gasteiger partial charge in [0.05, 0.1) is 0 Å². The van der Waals surface area contributed by atoms with Crippen LogP contribution < -0.4 is 0 Å². The van der Waals surface area contributed by atoms with E-state index in [9.17, 15) is 0 Å². The largest absolute Gasteiger partial charge is 0.0807 e. The van der Waals surface area contributed by atoms with Crippen molar-refractivity contribution in [1.82, 2.24) is 0 Å². The van der Waals surface area contributed by atoms with Gasteiger partial charge in [-0.2, -0.15) is 0 Å². The summed E-state index contributed by atoms with van der Waals surface area (Å²) in [6.45, 7) is 2.43. The molecule has 0 saturated heterocycles. The standard InChI is InChI=1S/C20H26/c1-14-5-10-20-18(11-14)8-9-19(20)13-15-6-7-16-3-2-4-17(16)12-15/h3,6-7,12,14,17,19H,2,4-5,8-11,13H2,1H3/t14-,17?,19?/m1/s1. The molecule has 0 spiro atoms. The van der Waals surface area contributed by atoms with Gasteiger partial charge in [0.25, 0.3) is 0 Å². The van der Waals surface area contributed by atoms with Crippen LogP contribution in [0.1, 0.15) is 58.3 Å². The van der Waals surface area contributed by atoms with E-state index in [0.29, 0.717) is 0 Å². The highest BCUT2D eigenvalue weighted by Gasteiger charge is 2.30. The molecule has 20 heavy (non-hydrogen) atoms. The van der Waals surface area contributed by atoms with Crippen LogP contribution in [0.5, 0.6) is 0 Å². The Morgan fingerprint density at radius 2 is 2.05 bits per heavy atom. The summed E-state index contributed by atoms with van der Waals surface area (Å²) in [5, 5.41) is 0. The Bertz CT molecular complexity index is 526. The lowest BCUT2D eigenvalue weighted by Crippen LogP contribution is -2.09. The van der Waals surface area contributed by atoms with Gasteiger partial charge in [0.15, 0.2) is 0 Å². The lowest BCUT2D eigenvalue weighted by molar-refractivity contribution is 0.480. The van der Waals surface area contributed by atoms with Gasteiger partial charge in [0.1, 0.15) is 0 Å². The topological polar surface area (TPSA) is 0 Å². The Morgan fingerprint density at radius 3 is 3.00 bits per heavy atom. The van der Waals surface area contributed by atoms with Gasteiger partial charge in [-0.25, -0.2) is 0 Å². The van der Waals surface area contributed by atoms with E-state index in [0.717, 1.165) is 17.8 Å². The molecule has 0 heteroatoms. The zero-order valence-electron chi connectivity index (χ0n) is 12.7. The first-order valence-electron chi connectivity index (χ1n) is 8.59. The normalized spacial score (nSPS) is 35.8. The molecular formula is C20H26. The zero-order valence-corrected chi connectivity index (χ0v) is 12.7. The summed E-state index contributed by atoms with van der Waals surface area (Å²) in [4.78, 5) is 0. The van der Waals surface area contributed by atoms with Crippen LogP contribution in [-0.2, 0) is 0 Å². The second-order valence-electron chi connectivity index (χ2n) is 7.38. The van der Waals surface area contributed by atoms with Crippen LogP contribution in [0.25, 0.3) is 0 Å². The SMILES string of the molecule is C[C@@H]1CCC2=C(CCC2CC2=CC3CCC=C3C=C2)C1. The van der Waals surface area contributed by atoms with E-state index in [2.05, 4.69) is 31.2 Å². The van der Waals surface area contributed by atoms with Crippen molar-refractivity contribution in [3.8, 4) is 0 Å². The number of fused-ring (bicyclic) bond motifs is 1. The fraction of sp³-hybridized carbons (Fsp3) is 0.600. The first-order chi connectivity index (χ1) is 9.79. The Balaban J connectivity index is 1.48. The molecule has 0 aromatic heterocycles. The van der Waals surface area contributed by atoms with Crippen LogP contribution in [0, 0.1) is 17.8 Å². The number of rotatable bonds is 2. The second-order valence-corrected chi connectivity index (χ2v) is 7.38.